The van der Waals surface area contributed by atoms with Crippen molar-refractivity contribution < 1.29 is 29.0 Å². The maximum atomic E-state index is 14.4. The van der Waals surface area contributed by atoms with Crippen molar-refractivity contribution >= 4 is 40.7 Å². The van der Waals surface area contributed by atoms with Crippen molar-refractivity contribution in [2.75, 3.05) is 0 Å². The number of fused-ring (bicyclic) bond motifs is 3. The third-order valence-corrected chi connectivity index (χ3v) is 9.75. The van der Waals surface area contributed by atoms with Crippen LogP contribution in [0.4, 0.5) is 0 Å². The Morgan fingerprint density at radius 1 is 0.951 bits per heavy atom. The molecule has 222 valence electrons. The molecule has 0 spiro atoms. The van der Waals surface area contributed by atoms with Gasteiger partial charge in [-0.1, -0.05) is 97.8 Å². The van der Waals surface area contributed by atoms with Crippen molar-refractivity contribution in [1.82, 2.24) is 0 Å². The number of alkyl halides is 2. The molecule has 10 atom stereocenters. The monoisotopic (exact) mass is 602 g/mol. The summed E-state index contributed by atoms with van der Waals surface area (Å²) in [5, 5.41) is 11.6. The van der Waals surface area contributed by atoms with Crippen LogP contribution in [-0.4, -0.2) is 44.8 Å². The number of rotatable bonds is 3. The highest BCUT2D eigenvalue weighted by atomic mass is 35.5. The summed E-state index contributed by atoms with van der Waals surface area (Å²) in [6.07, 6.45) is 10.6. The van der Waals surface area contributed by atoms with E-state index in [1.807, 2.05) is 62.4 Å². The van der Waals surface area contributed by atoms with Gasteiger partial charge in [-0.05, 0) is 68.4 Å². The zero-order chi connectivity index (χ0) is 30.1. The number of halogens is 2. The van der Waals surface area contributed by atoms with Gasteiger partial charge in [0.2, 0.25) is 4.33 Å². The summed E-state index contributed by atoms with van der Waals surface area (Å²) in [4.78, 5) is 40.6. The Kier molecular flexibility index (Phi) is 9.69. The Morgan fingerprint density at radius 2 is 1.61 bits per heavy atom. The average molecular weight is 604 g/mol. The van der Waals surface area contributed by atoms with Gasteiger partial charge in [-0.2, -0.15) is 0 Å². The van der Waals surface area contributed by atoms with E-state index in [1.165, 1.54) is 6.92 Å². The zero-order valence-electron chi connectivity index (χ0n) is 24.2. The van der Waals surface area contributed by atoms with E-state index in [-0.39, 0.29) is 29.6 Å². The minimum atomic E-state index is -2.45. The van der Waals surface area contributed by atoms with E-state index in [0.717, 1.165) is 5.56 Å². The average Bonchev–Trinajstić information content (AvgIpc) is 2.92. The molecule has 1 N–H and O–H groups in total. The minimum absolute atomic E-state index is 0.110. The number of aliphatic hydroxyl groups is 1. The topological polar surface area (TPSA) is 89.9 Å². The summed E-state index contributed by atoms with van der Waals surface area (Å²) < 4.78 is 9.29. The van der Waals surface area contributed by atoms with Crippen LogP contribution in [0.3, 0.4) is 0 Å². The molecular formula is C33H40Cl2O6. The first-order valence-electron chi connectivity index (χ1n) is 14.3. The lowest BCUT2D eigenvalue weighted by Crippen LogP contribution is -2.60. The van der Waals surface area contributed by atoms with Crippen molar-refractivity contribution in [3.05, 3.63) is 72.4 Å². The molecule has 1 aromatic rings. The van der Waals surface area contributed by atoms with Crippen molar-refractivity contribution in [1.29, 1.82) is 0 Å². The van der Waals surface area contributed by atoms with Crippen LogP contribution in [0.25, 0.3) is 0 Å². The van der Waals surface area contributed by atoms with Gasteiger partial charge < -0.3 is 14.6 Å². The molecule has 6 nitrogen and oxygen atoms in total. The highest BCUT2D eigenvalue weighted by Crippen LogP contribution is 2.53. The second-order valence-electron chi connectivity index (χ2n) is 12.2. The van der Waals surface area contributed by atoms with E-state index < -0.39 is 51.5 Å². The van der Waals surface area contributed by atoms with Gasteiger partial charge in [0.1, 0.15) is 12.0 Å². The number of benzene rings is 1. The second kappa shape index (κ2) is 12.5. The molecule has 1 heterocycles. The lowest BCUT2D eigenvalue weighted by atomic mass is 9.54. The summed E-state index contributed by atoms with van der Waals surface area (Å²) in [6, 6.07) is 9.71. The van der Waals surface area contributed by atoms with Gasteiger partial charge in [-0.15, -0.1) is 0 Å². The quantitative estimate of drug-likeness (QED) is 0.196. The predicted octanol–water partition coefficient (Wildman–Crippen LogP) is 6.04. The molecule has 1 fully saturated rings. The zero-order valence-corrected chi connectivity index (χ0v) is 25.7. The fraction of sp³-hybridized carbons (Fsp3) is 0.545. The van der Waals surface area contributed by atoms with Crippen LogP contribution in [0.5, 0.6) is 0 Å². The molecule has 1 aliphatic heterocycles. The van der Waals surface area contributed by atoms with E-state index in [4.69, 9.17) is 32.7 Å². The number of ether oxygens (including phenoxy) is 2. The van der Waals surface area contributed by atoms with E-state index >= 15 is 0 Å². The summed E-state index contributed by atoms with van der Waals surface area (Å²) >= 11 is 13.3. The lowest BCUT2D eigenvalue weighted by molar-refractivity contribution is -0.184. The fourth-order valence-electron chi connectivity index (χ4n) is 6.89. The normalized spacial score (nSPS) is 41.0. The maximum Gasteiger partial charge on any atom is 0.316 e. The standard InChI is InChI=1S/C33H40Cl2O6/c1-19-11-9-10-12-20(2)41-31(38)22(4)28(36)33(34,35)29(37)27-25(19)16-15-24-17-32(5,39)30(21(3)26(24)27)40-18-23-13-7-6-8-14-23/h6-16,19-22,24-27,30,39H,17-18H2,1-5H3/b11-9-,12-10+/t19-,20+,21+,22+,24-,25+,26-,27-,30-,32-/m1/s1. The summed E-state index contributed by atoms with van der Waals surface area (Å²) in [7, 11) is 0. The Morgan fingerprint density at radius 3 is 2.29 bits per heavy atom. The van der Waals surface area contributed by atoms with Crippen LogP contribution in [0.2, 0.25) is 0 Å². The van der Waals surface area contributed by atoms with Crippen LogP contribution in [0, 0.1) is 41.4 Å². The first kappa shape index (κ1) is 31.7. The van der Waals surface area contributed by atoms with Crippen LogP contribution in [0.15, 0.2) is 66.8 Å². The molecule has 0 saturated heterocycles. The number of hydrogen-bond acceptors (Lipinski definition) is 6. The molecule has 8 heteroatoms. The van der Waals surface area contributed by atoms with Crippen molar-refractivity contribution in [2.24, 2.45) is 41.4 Å². The Hall–Kier alpha value is -2.25. The van der Waals surface area contributed by atoms with Gasteiger partial charge in [0.15, 0.2) is 11.6 Å². The molecule has 0 radical (unpaired) electrons. The molecule has 0 unspecified atom stereocenters. The van der Waals surface area contributed by atoms with Crippen LogP contribution >= 0.6 is 23.2 Å². The van der Waals surface area contributed by atoms with Crippen molar-refractivity contribution in [2.45, 2.75) is 69.8 Å². The van der Waals surface area contributed by atoms with E-state index in [2.05, 4.69) is 6.08 Å². The Balaban J connectivity index is 1.76. The predicted molar refractivity (Wildman–Crippen MR) is 159 cm³/mol. The molecule has 2 aliphatic carbocycles. The van der Waals surface area contributed by atoms with Crippen LogP contribution < -0.4 is 0 Å². The number of esters is 1. The smallest absolute Gasteiger partial charge is 0.316 e. The number of allylic oxidation sites excluding steroid dienone is 5. The number of carbonyl (C=O) groups is 3. The Labute approximate surface area is 252 Å². The first-order valence-corrected chi connectivity index (χ1v) is 15.1. The van der Waals surface area contributed by atoms with Gasteiger partial charge in [0.25, 0.3) is 0 Å². The third-order valence-electron chi connectivity index (χ3n) is 9.01. The van der Waals surface area contributed by atoms with Crippen molar-refractivity contribution in [3.8, 4) is 0 Å². The maximum absolute atomic E-state index is 14.4. The second-order valence-corrected chi connectivity index (χ2v) is 13.5. The van der Waals surface area contributed by atoms with E-state index in [9.17, 15) is 19.5 Å². The summed E-state index contributed by atoms with van der Waals surface area (Å²) in [5.41, 5.74) is -0.182. The fourth-order valence-corrected chi connectivity index (χ4v) is 7.47. The Bertz CT molecular complexity index is 1220. The molecule has 41 heavy (non-hydrogen) atoms. The summed E-state index contributed by atoms with van der Waals surface area (Å²) in [5.74, 6) is -5.62. The van der Waals surface area contributed by atoms with Gasteiger partial charge in [-0.25, -0.2) is 0 Å². The largest absolute Gasteiger partial charge is 0.458 e. The molecule has 1 saturated carbocycles. The number of cyclic esters (lactones) is 1. The SMILES string of the molecule is C[C@@H]1C(=O)O[C@@H](C)/C=C/C=C\[C@@H](C)[C@@H]2C=C[C@@H]3C[C@@](C)(O)[C@H](OCc4ccccc4)[C@@H](C)[C@H]3[C@@H]2C(=O)C(Cl)(Cl)C1=O. The third kappa shape index (κ3) is 6.56. The molecular weight excluding hydrogens is 563 g/mol. The lowest BCUT2D eigenvalue weighted by Gasteiger charge is -2.54. The molecule has 1 aromatic carbocycles. The highest BCUT2D eigenvalue weighted by molar-refractivity contribution is 6.68. The van der Waals surface area contributed by atoms with Gasteiger partial charge >= 0.3 is 5.97 Å². The number of hydrogen-bond donors (Lipinski definition) is 1. The van der Waals surface area contributed by atoms with E-state index in [1.54, 1.807) is 26.0 Å². The van der Waals surface area contributed by atoms with Gasteiger partial charge in [0, 0.05) is 5.92 Å². The molecule has 0 bridgehead atoms. The molecule has 0 aromatic heterocycles. The number of carbonyl (C=O) groups excluding carboxylic acids is 3. The first-order chi connectivity index (χ1) is 19.3. The van der Waals surface area contributed by atoms with Crippen LogP contribution in [0.1, 0.15) is 46.6 Å². The van der Waals surface area contributed by atoms with Crippen LogP contribution in [-0.2, 0) is 30.5 Å². The molecule has 0 amide bonds. The molecule has 3 aliphatic rings. The highest BCUT2D eigenvalue weighted by Gasteiger charge is 2.59. The van der Waals surface area contributed by atoms with Crippen molar-refractivity contribution in [3.63, 3.8) is 0 Å². The number of ketones is 2. The van der Waals surface area contributed by atoms with Gasteiger partial charge in [0.05, 0.1) is 18.3 Å². The van der Waals surface area contributed by atoms with E-state index in [0.29, 0.717) is 13.0 Å². The number of Topliss-reactive ketones (excluding diaryl/α,β-unsaturated/α-hetero) is 2. The minimum Gasteiger partial charge on any atom is -0.458 e. The summed E-state index contributed by atoms with van der Waals surface area (Å²) in [6.45, 7) is 9.11. The molecule has 4 rings (SSSR count). The van der Waals surface area contributed by atoms with Gasteiger partial charge in [-0.3, -0.25) is 14.4 Å².